The molecular formula is C18H13Cl2F2N. The van der Waals surface area contributed by atoms with Gasteiger partial charge >= 0.3 is 0 Å². The lowest BCUT2D eigenvalue weighted by Crippen LogP contribution is -2.30. The largest absolute Gasteiger partial charge is 0.375 e. The van der Waals surface area contributed by atoms with Crippen molar-refractivity contribution in [2.24, 2.45) is 5.92 Å². The average Bonchev–Trinajstić information content (AvgIpc) is 2.97. The monoisotopic (exact) mass is 351 g/mol. The molecule has 0 aromatic heterocycles. The van der Waals surface area contributed by atoms with E-state index in [1.54, 1.807) is 12.1 Å². The van der Waals surface area contributed by atoms with Gasteiger partial charge in [-0.1, -0.05) is 41.4 Å². The molecule has 1 heterocycles. The SMILES string of the molecule is Fc1cc(F)c2c(c1)[C@@H]1C=CC[C@@H]1[C@H](c1ccc(Cl)cc1Cl)N2. The van der Waals surface area contributed by atoms with E-state index in [4.69, 9.17) is 23.2 Å². The van der Waals surface area contributed by atoms with Crippen molar-refractivity contribution < 1.29 is 8.78 Å². The standard InChI is InChI=1S/C18H13Cl2F2N/c19-9-4-5-13(15(20)6-9)17-12-3-1-2-11(12)14-7-10(21)8-16(22)18(14)23-17/h1-2,4-8,11-12,17,23H,3H2/t11-,12+,17-/m1/s1. The van der Waals surface area contributed by atoms with Crippen molar-refractivity contribution in [3.05, 3.63) is 75.3 Å². The highest BCUT2D eigenvalue weighted by atomic mass is 35.5. The number of hydrogen-bond donors (Lipinski definition) is 1. The molecule has 0 fully saturated rings. The van der Waals surface area contributed by atoms with Crippen molar-refractivity contribution in [2.45, 2.75) is 18.4 Å². The van der Waals surface area contributed by atoms with Crippen LogP contribution >= 0.6 is 23.2 Å². The van der Waals surface area contributed by atoms with E-state index in [-0.39, 0.29) is 17.9 Å². The molecule has 1 N–H and O–H groups in total. The van der Waals surface area contributed by atoms with Crippen molar-refractivity contribution >= 4 is 28.9 Å². The van der Waals surface area contributed by atoms with Gasteiger partial charge in [0.2, 0.25) is 0 Å². The number of nitrogens with one attached hydrogen (secondary N) is 1. The molecule has 3 atom stereocenters. The number of anilines is 1. The van der Waals surface area contributed by atoms with Crippen molar-refractivity contribution in [1.29, 1.82) is 0 Å². The van der Waals surface area contributed by atoms with Crippen LogP contribution in [0.5, 0.6) is 0 Å². The van der Waals surface area contributed by atoms with Gasteiger partial charge < -0.3 is 5.32 Å². The summed E-state index contributed by atoms with van der Waals surface area (Å²) in [6.07, 6.45) is 4.92. The van der Waals surface area contributed by atoms with Gasteiger partial charge in [0.05, 0.1) is 11.7 Å². The molecule has 0 bridgehead atoms. The van der Waals surface area contributed by atoms with Crippen molar-refractivity contribution in [3.8, 4) is 0 Å². The highest BCUT2D eigenvalue weighted by Crippen LogP contribution is 2.51. The summed E-state index contributed by atoms with van der Waals surface area (Å²) in [5, 5.41) is 4.34. The molecule has 1 aliphatic heterocycles. The quantitative estimate of drug-likeness (QED) is 0.612. The fourth-order valence-corrected chi connectivity index (χ4v) is 4.21. The Balaban J connectivity index is 1.84. The second-order valence-electron chi connectivity index (χ2n) is 5.99. The maximum atomic E-state index is 14.3. The first-order valence-corrected chi connectivity index (χ1v) is 8.17. The van der Waals surface area contributed by atoms with Gasteiger partial charge in [-0.25, -0.2) is 8.78 Å². The van der Waals surface area contributed by atoms with Crippen molar-refractivity contribution in [2.75, 3.05) is 5.32 Å². The van der Waals surface area contributed by atoms with Crippen molar-refractivity contribution in [3.63, 3.8) is 0 Å². The molecule has 2 aromatic carbocycles. The molecule has 5 heteroatoms. The molecule has 0 radical (unpaired) electrons. The fraction of sp³-hybridized carbons (Fsp3) is 0.222. The normalized spacial score (nSPS) is 25.0. The average molecular weight is 352 g/mol. The Bertz CT molecular complexity index is 819. The minimum Gasteiger partial charge on any atom is -0.375 e. The summed E-state index contributed by atoms with van der Waals surface area (Å²) in [6, 6.07) is 7.51. The van der Waals surface area contributed by atoms with E-state index < -0.39 is 11.6 Å². The smallest absolute Gasteiger partial charge is 0.149 e. The van der Waals surface area contributed by atoms with Crippen LogP contribution in [-0.4, -0.2) is 0 Å². The minimum absolute atomic E-state index is 0.0202. The number of rotatable bonds is 1. The number of fused-ring (bicyclic) bond motifs is 3. The summed E-state index contributed by atoms with van der Waals surface area (Å²) in [5.41, 5.74) is 1.90. The zero-order valence-electron chi connectivity index (χ0n) is 12.0. The molecule has 1 nitrogen and oxygen atoms in total. The number of halogens is 4. The van der Waals surface area contributed by atoms with Crippen LogP contribution in [0.3, 0.4) is 0 Å². The molecular weight excluding hydrogens is 339 g/mol. The minimum atomic E-state index is -0.575. The molecule has 0 saturated carbocycles. The lowest BCUT2D eigenvalue weighted by Gasteiger charge is -2.38. The van der Waals surface area contributed by atoms with Crippen LogP contribution in [0.1, 0.15) is 29.5 Å². The maximum Gasteiger partial charge on any atom is 0.149 e. The van der Waals surface area contributed by atoms with Crippen LogP contribution in [0.15, 0.2) is 42.5 Å². The summed E-state index contributed by atoms with van der Waals surface area (Å²) in [4.78, 5) is 0. The number of benzene rings is 2. The molecule has 2 aromatic rings. The summed E-state index contributed by atoms with van der Waals surface area (Å²) in [6.45, 7) is 0. The van der Waals surface area contributed by atoms with Gasteiger partial charge in [0.25, 0.3) is 0 Å². The zero-order valence-corrected chi connectivity index (χ0v) is 13.5. The third-order valence-electron chi connectivity index (χ3n) is 4.68. The highest BCUT2D eigenvalue weighted by molar-refractivity contribution is 6.35. The van der Waals surface area contributed by atoms with Crippen LogP contribution in [0.25, 0.3) is 0 Å². The van der Waals surface area contributed by atoms with Crippen LogP contribution in [0.4, 0.5) is 14.5 Å². The van der Waals surface area contributed by atoms with Crippen LogP contribution in [0, 0.1) is 17.6 Å². The Morgan fingerprint density at radius 1 is 1.04 bits per heavy atom. The Hall–Kier alpha value is -1.58. The van der Waals surface area contributed by atoms with Gasteiger partial charge in [0.1, 0.15) is 11.6 Å². The molecule has 0 unspecified atom stereocenters. The lowest BCUT2D eigenvalue weighted by molar-refractivity contribution is 0.418. The molecule has 118 valence electrons. The first-order valence-electron chi connectivity index (χ1n) is 7.41. The topological polar surface area (TPSA) is 12.0 Å². The molecule has 2 aliphatic rings. The van der Waals surface area contributed by atoms with Gasteiger partial charge in [-0.15, -0.1) is 0 Å². The third-order valence-corrected chi connectivity index (χ3v) is 5.25. The van der Waals surface area contributed by atoms with Gasteiger partial charge in [0, 0.05) is 22.0 Å². The van der Waals surface area contributed by atoms with Gasteiger partial charge in [-0.3, -0.25) is 0 Å². The molecule has 0 amide bonds. The van der Waals surface area contributed by atoms with E-state index in [9.17, 15) is 8.78 Å². The van der Waals surface area contributed by atoms with Crippen LogP contribution < -0.4 is 5.32 Å². The van der Waals surface area contributed by atoms with Gasteiger partial charge in [-0.05, 0) is 41.7 Å². The molecule has 4 rings (SSSR count). The van der Waals surface area contributed by atoms with E-state index in [1.165, 1.54) is 6.07 Å². The molecule has 0 saturated heterocycles. The van der Waals surface area contributed by atoms with Crippen LogP contribution in [-0.2, 0) is 0 Å². The zero-order chi connectivity index (χ0) is 16.1. The molecule has 0 spiro atoms. The van der Waals surface area contributed by atoms with Gasteiger partial charge in [-0.2, -0.15) is 0 Å². The lowest BCUT2D eigenvalue weighted by atomic mass is 9.77. The van der Waals surface area contributed by atoms with Crippen LogP contribution in [0.2, 0.25) is 10.0 Å². The summed E-state index contributed by atoms with van der Waals surface area (Å²) in [7, 11) is 0. The van der Waals surface area contributed by atoms with E-state index in [0.29, 0.717) is 21.3 Å². The Morgan fingerprint density at radius 2 is 1.87 bits per heavy atom. The number of hydrogen-bond acceptors (Lipinski definition) is 1. The first-order chi connectivity index (χ1) is 11.0. The fourth-order valence-electron chi connectivity index (χ4n) is 3.68. The Kier molecular flexibility index (Phi) is 3.58. The predicted octanol–water partition coefficient (Wildman–Crippen LogP) is 6.10. The van der Waals surface area contributed by atoms with E-state index in [1.807, 2.05) is 12.1 Å². The second-order valence-corrected chi connectivity index (χ2v) is 6.84. The number of allylic oxidation sites excluding steroid dienone is 2. The van der Waals surface area contributed by atoms with E-state index in [0.717, 1.165) is 18.1 Å². The van der Waals surface area contributed by atoms with Crippen molar-refractivity contribution in [1.82, 2.24) is 0 Å². The summed E-state index contributed by atoms with van der Waals surface area (Å²) < 4.78 is 27.9. The third kappa shape index (κ3) is 2.43. The summed E-state index contributed by atoms with van der Waals surface area (Å²) >= 11 is 12.3. The second kappa shape index (κ2) is 5.50. The summed E-state index contributed by atoms with van der Waals surface area (Å²) in [5.74, 6) is -0.977. The Morgan fingerprint density at radius 3 is 2.65 bits per heavy atom. The molecule has 1 aliphatic carbocycles. The Labute approximate surface area is 142 Å². The maximum absolute atomic E-state index is 14.3. The predicted molar refractivity (Wildman–Crippen MR) is 89.2 cm³/mol. The van der Waals surface area contributed by atoms with Gasteiger partial charge in [0.15, 0.2) is 0 Å². The highest BCUT2D eigenvalue weighted by Gasteiger charge is 2.39. The van der Waals surface area contributed by atoms with E-state index in [2.05, 4.69) is 11.4 Å². The first kappa shape index (κ1) is 15.0. The van der Waals surface area contributed by atoms with E-state index >= 15 is 0 Å². The molecule has 23 heavy (non-hydrogen) atoms.